The van der Waals surface area contributed by atoms with Crippen molar-refractivity contribution in [3.63, 3.8) is 0 Å². The van der Waals surface area contributed by atoms with Gasteiger partial charge in [-0.15, -0.1) is 11.3 Å². The molecular weight excluding hydrogens is 374 g/mol. The lowest BCUT2D eigenvalue weighted by atomic mass is 10.3. The molecular formula is C20H31N5O2S. The largest absolute Gasteiger partial charge is 0.469 e. The van der Waals surface area contributed by atoms with Crippen molar-refractivity contribution in [2.24, 2.45) is 4.99 Å². The molecule has 0 aromatic carbocycles. The van der Waals surface area contributed by atoms with Gasteiger partial charge in [-0.05, 0) is 38.9 Å². The first-order chi connectivity index (χ1) is 13.7. The van der Waals surface area contributed by atoms with Gasteiger partial charge >= 0.3 is 0 Å². The summed E-state index contributed by atoms with van der Waals surface area (Å²) in [5.74, 6) is 1.81. The van der Waals surface area contributed by atoms with E-state index in [1.54, 1.807) is 17.6 Å². The van der Waals surface area contributed by atoms with Crippen molar-refractivity contribution in [1.29, 1.82) is 0 Å². The molecule has 2 aromatic rings. The number of hydrogen-bond acceptors (Lipinski definition) is 6. The molecule has 1 saturated heterocycles. The van der Waals surface area contributed by atoms with E-state index < -0.39 is 0 Å². The van der Waals surface area contributed by atoms with Crippen LogP contribution in [0.2, 0.25) is 0 Å². The average molecular weight is 406 g/mol. The smallest absolute Gasteiger partial charge is 0.191 e. The van der Waals surface area contributed by atoms with E-state index in [9.17, 15) is 0 Å². The molecule has 8 heteroatoms. The minimum atomic E-state index is 0.596. The topological polar surface area (TPSA) is 74.9 Å². The number of morpholine rings is 1. The van der Waals surface area contributed by atoms with Crippen molar-refractivity contribution in [2.75, 3.05) is 45.9 Å². The molecule has 0 unspecified atom stereocenters. The number of rotatable bonds is 9. The summed E-state index contributed by atoms with van der Waals surface area (Å²) < 4.78 is 10.8. The zero-order valence-electron chi connectivity index (χ0n) is 16.9. The molecule has 3 heterocycles. The van der Waals surface area contributed by atoms with Gasteiger partial charge in [0.1, 0.15) is 10.8 Å². The molecule has 0 saturated carbocycles. The van der Waals surface area contributed by atoms with Crippen LogP contribution in [0.5, 0.6) is 0 Å². The number of ether oxygens (including phenoxy) is 1. The Hall–Kier alpha value is -1.90. The van der Waals surface area contributed by atoms with E-state index in [0.717, 1.165) is 81.2 Å². The van der Waals surface area contributed by atoms with E-state index in [2.05, 4.69) is 27.4 Å². The van der Waals surface area contributed by atoms with Crippen LogP contribution < -0.4 is 10.6 Å². The fraction of sp³-hybridized carbons (Fsp3) is 0.600. The Morgan fingerprint density at radius 3 is 2.79 bits per heavy atom. The fourth-order valence-corrected chi connectivity index (χ4v) is 3.88. The second kappa shape index (κ2) is 11.2. The number of aryl methyl sites for hydroxylation is 2. The predicted octanol–water partition coefficient (Wildman–Crippen LogP) is 2.35. The quantitative estimate of drug-likeness (QED) is 0.379. The van der Waals surface area contributed by atoms with Gasteiger partial charge in [-0.25, -0.2) is 9.98 Å². The first-order valence-corrected chi connectivity index (χ1v) is 10.8. The van der Waals surface area contributed by atoms with E-state index in [1.165, 1.54) is 4.88 Å². The third kappa shape index (κ3) is 6.92. The van der Waals surface area contributed by atoms with Crippen molar-refractivity contribution in [3.05, 3.63) is 39.7 Å². The SMILES string of the molecule is Cc1nc(CN=C(NCCCN2CCOCC2)NCCc2ccco2)sc1C. The molecule has 0 spiro atoms. The van der Waals surface area contributed by atoms with Gasteiger partial charge in [0.15, 0.2) is 5.96 Å². The van der Waals surface area contributed by atoms with Gasteiger partial charge in [0.2, 0.25) is 0 Å². The Kier molecular flexibility index (Phi) is 8.32. The molecule has 1 aliphatic rings. The minimum absolute atomic E-state index is 0.596. The van der Waals surface area contributed by atoms with Gasteiger partial charge in [0, 0.05) is 37.5 Å². The van der Waals surface area contributed by atoms with Gasteiger partial charge in [0.25, 0.3) is 0 Å². The van der Waals surface area contributed by atoms with Crippen molar-refractivity contribution >= 4 is 17.3 Å². The third-order valence-electron chi connectivity index (χ3n) is 4.74. The highest BCUT2D eigenvalue weighted by Gasteiger charge is 2.09. The van der Waals surface area contributed by atoms with Crippen molar-refractivity contribution < 1.29 is 9.15 Å². The highest BCUT2D eigenvalue weighted by Crippen LogP contribution is 2.16. The van der Waals surface area contributed by atoms with Crippen LogP contribution >= 0.6 is 11.3 Å². The van der Waals surface area contributed by atoms with Crippen molar-refractivity contribution in [1.82, 2.24) is 20.5 Å². The number of guanidine groups is 1. The predicted molar refractivity (Wildman–Crippen MR) is 113 cm³/mol. The number of thiazole rings is 1. The first-order valence-electron chi connectivity index (χ1n) is 9.98. The number of aliphatic imine (C=N–C) groups is 1. The normalized spacial score (nSPS) is 15.7. The molecule has 0 bridgehead atoms. The molecule has 154 valence electrons. The van der Waals surface area contributed by atoms with E-state index in [1.807, 2.05) is 19.1 Å². The van der Waals surface area contributed by atoms with E-state index in [0.29, 0.717) is 6.54 Å². The van der Waals surface area contributed by atoms with Gasteiger partial charge in [-0.1, -0.05) is 0 Å². The molecule has 1 fully saturated rings. The van der Waals surface area contributed by atoms with Gasteiger partial charge < -0.3 is 19.8 Å². The molecule has 2 N–H and O–H groups in total. The second-order valence-corrected chi connectivity index (χ2v) is 8.19. The molecule has 3 rings (SSSR count). The Morgan fingerprint density at radius 2 is 2.07 bits per heavy atom. The second-order valence-electron chi connectivity index (χ2n) is 6.90. The fourth-order valence-electron chi connectivity index (χ4n) is 3.02. The van der Waals surface area contributed by atoms with Crippen LogP contribution in [0.3, 0.4) is 0 Å². The lowest BCUT2D eigenvalue weighted by molar-refractivity contribution is 0.0376. The number of nitrogens with zero attached hydrogens (tertiary/aromatic N) is 3. The lowest BCUT2D eigenvalue weighted by Crippen LogP contribution is -2.41. The summed E-state index contributed by atoms with van der Waals surface area (Å²) in [7, 11) is 0. The highest BCUT2D eigenvalue weighted by molar-refractivity contribution is 7.11. The highest BCUT2D eigenvalue weighted by atomic mass is 32.1. The van der Waals surface area contributed by atoms with Crippen LogP contribution in [-0.4, -0.2) is 61.8 Å². The van der Waals surface area contributed by atoms with Crippen LogP contribution in [0.4, 0.5) is 0 Å². The maximum absolute atomic E-state index is 5.40. The molecule has 1 aliphatic heterocycles. The third-order valence-corrected chi connectivity index (χ3v) is 5.79. The Balaban J connectivity index is 1.46. The first kappa shape index (κ1) is 20.8. The summed E-state index contributed by atoms with van der Waals surface area (Å²) in [6, 6.07) is 3.91. The van der Waals surface area contributed by atoms with Crippen LogP contribution in [0.1, 0.15) is 27.8 Å². The average Bonchev–Trinajstić information content (AvgIpc) is 3.33. The molecule has 7 nitrogen and oxygen atoms in total. The van der Waals surface area contributed by atoms with Crippen LogP contribution in [0.25, 0.3) is 0 Å². The molecule has 28 heavy (non-hydrogen) atoms. The lowest BCUT2D eigenvalue weighted by Gasteiger charge is -2.26. The number of hydrogen-bond donors (Lipinski definition) is 2. The minimum Gasteiger partial charge on any atom is -0.469 e. The molecule has 0 amide bonds. The summed E-state index contributed by atoms with van der Waals surface area (Å²) in [6.07, 6.45) is 3.62. The Bertz CT molecular complexity index is 704. The standard InChI is InChI=1S/C20H31N5O2S/c1-16-17(2)28-19(24-16)15-23-20(22-8-6-18-5-3-12-27-18)21-7-4-9-25-10-13-26-14-11-25/h3,5,12H,4,6-11,13-15H2,1-2H3,(H2,21,22,23). The Labute approximate surface area is 171 Å². The van der Waals surface area contributed by atoms with Gasteiger partial charge in [-0.3, -0.25) is 4.90 Å². The van der Waals surface area contributed by atoms with Crippen molar-refractivity contribution in [2.45, 2.75) is 33.2 Å². The monoisotopic (exact) mass is 405 g/mol. The summed E-state index contributed by atoms with van der Waals surface area (Å²) in [6.45, 7) is 11.3. The van der Waals surface area contributed by atoms with Crippen LogP contribution in [-0.2, 0) is 17.7 Å². The summed E-state index contributed by atoms with van der Waals surface area (Å²) in [5, 5.41) is 7.92. The van der Waals surface area contributed by atoms with Crippen LogP contribution in [0, 0.1) is 13.8 Å². The Morgan fingerprint density at radius 1 is 1.25 bits per heavy atom. The maximum Gasteiger partial charge on any atom is 0.191 e. The molecule has 0 radical (unpaired) electrons. The van der Waals surface area contributed by atoms with Crippen molar-refractivity contribution in [3.8, 4) is 0 Å². The van der Waals surface area contributed by atoms with E-state index >= 15 is 0 Å². The van der Waals surface area contributed by atoms with Gasteiger partial charge in [0.05, 0.1) is 31.7 Å². The summed E-state index contributed by atoms with van der Waals surface area (Å²) in [4.78, 5) is 13.0. The molecule has 0 atom stereocenters. The summed E-state index contributed by atoms with van der Waals surface area (Å²) in [5.41, 5.74) is 1.10. The summed E-state index contributed by atoms with van der Waals surface area (Å²) >= 11 is 1.72. The molecule has 2 aromatic heterocycles. The zero-order chi connectivity index (χ0) is 19.6. The van der Waals surface area contributed by atoms with Gasteiger partial charge in [-0.2, -0.15) is 0 Å². The number of aromatic nitrogens is 1. The number of nitrogens with one attached hydrogen (secondary N) is 2. The number of furan rings is 1. The molecule has 0 aliphatic carbocycles. The maximum atomic E-state index is 5.40. The zero-order valence-corrected chi connectivity index (χ0v) is 17.7. The van der Waals surface area contributed by atoms with E-state index in [-0.39, 0.29) is 0 Å². The van der Waals surface area contributed by atoms with Crippen LogP contribution in [0.15, 0.2) is 27.8 Å². The van der Waals surface area contributed by atoms with E-state index in [4.69, 9.17) is 14.1 Å².